The maximum absolute atomic E-state index is 2.52. The second-order valence-electron chi connectivity index (χ2n) is 4.88. The summed E-state index contributed by atoms with van der Waals surface area (Å²) < 4.78 is 0. The van der Waals surface area contributed by atoms with Crippen LogP contribution in [0.2, 0.25) is 0 Å². The second-order valence-corrected chi connectivity index (χ2v) is 4.88. The fourth-order valence-corrected chi connectivity index (χ4v) is 3.45. The van der Waals surface area contributed by atoms with Crippen molar-refractivity contribution >= 4 is 0 Å². The van der Waals surface area contributed by atoms with Crippen LogP contribution in [0.3, 0.4) is 0 Å². The van der Waals surface area contributed by atoms with Crippen molar-refractivity contribution in [2.75, 3.05) is 6.54 Å². The molecule has 13 heavy (non-hydrogen) atoms. The number of piperidine rings is 1. The summed E-state index contributed by atoms with van der Waals surface area (Å²) in [5, 5.41) is 0. The second kappa shape index (κ2) is 3.91. The van der Waals surface area contributed by atoms with Gasteiger partial charge in [-0.2, -0.15) is 0 Å². The number of quaternary nitrogens is 1. The highest BCUT2D eigenvalue weighted by atomic mass is 15.2. The monoisotopic (exact) mass is 181 g/mol. The first-order valence-corrected chi connectivity index (χ1v) is 6.00. The molecule has 1 nitrogen and oxygen atoms in total. The molecule has 2 fully saturated rings. The molecule has 0 amide bonds. The highest BCUT2D eigenvalue weighted by Crippen LogP contribution is 2.29. The zero-order chi connectivity index (χ0) is 9.26. The van der Waals surface area contributed by atoms with E-state index in [-0.39, 0.29) is 0 Å². The lowest BCUT2D eigenvalue weighted by Crippen LogP contribution is -3.20. The van der Waals surface area contributed by atoms with E-state index in [0.717, 1.165) is 18.0 Å². The zero-order valence-corrected chi connectivity index (χ0v) is 9.05. The van der Waals surface area contributed by atoms with E-state index in [1.54, 1.807) is 0 Å². The van der Waals surface area contributed by atoms with Crippen LogP contribution in [0, 0.1) is 12.3 Å². The van der Waals surface area contributed by atoms with Gasteiger partial charge in [-0.1, -0.05) is 0 Å². The standard InChI is InChI=1S/C12H22N/c1-3-13-10(2)8-9-11-6-4-5-7-12(11)13/h5,10-12H,3-4,6-9H2,1-2H3/q+1/p+1/t10?,11-,12-/m1/s1. The van der Waals surface area contributed by atoms with Gasteiger partial charge >= 0.3 is 0 Å². The molecule has 2 aliphatic rings. The van der Waals surface area contributed by atoms with Gasteiger partial charge < -0.3 is 4.90 Å². The predicted molar refractivity (Wildman–Crippen MR) is 55.6 cm³/mol. The van der Waals surface area contributed by atoms with Gasteiger partial charge in [0.25, 0.3) is 0 Å². The summed E-state index contributed by atoms with van der Waals surface area (Å²) in [5.41, 5.74) is 0. The van der Waals surface area contributed by atoms with Crippen LogP contribution in [0.5, 0.6) is 0 Å². The maximum Gasteiger partial charge on any atom is 0.139 e. The fourth-order valence-electron chi connectivity index (χ4n) is 3.45. The Morgan fingerprint density at radius 2 is 2.15 bits per heavy atom. The SMILES string of the molecule is CC[NH+]1C(C)CC[C@H]2CC[CH+]C[C@H]21. The van der Waals surface area contributed by atoms with Crippen LogP contribution in [0.4, 0.5) is 0 Å². The third-order valence-electron chi connectivity index (χ3n) is 4.22. The molecular formula is C12H23N+2. The van der Waals surface area contributed by atoms with Gasteiger partial charge in [0.2, 0.25) is 0 Å². The average molecular weight is 181 g/mol. The predicted octanol–water partition coefficient (Wildman–Crippen LogP) is 1.45. The van der Waals surface area contributed by atoms with Crippen molar-refractivity contribution in [3.8, 4) is 0 Å². The van der Waals surface area contributed by atoms with Gasteiger partial charge in [-0.25, -0.2) is 0 Å². The van der Waals surface area contributed by atoms with E-state index in [1.807, 2.05) is 4.90 Å². The minimum atomic E-state index is 0.915. The van der Waals surface area contributed by atoms with Gasteiger partial charge in [0.1, 0.15) is 12.5 Å². The number of likely N-dealkylation sites (tertiary alicyclic amines) is 1. The van der Waals surface area contributed by atoms with Crippen LogP contribution >= 0.6 is 0 Å². The normalized spacial score (nSPS) is 45.1. The maximum atomic E-state index is 2.52. The summed E-state index contributed by atoms with van der Waals surface area (Å²) in [7, 11) is 0. The molecule has 1 saturated heterocycles. The lowest BCUT2D eigenvalue weighted by Gasteiger charge is -2.41. The highest BCUT2D eigenvalue weighted by molar-refractivity contribution is 4.86. The Kier molecular flexibility index (Phi) is 2.83. The van der Waals surface area contributed by atoms with E-state index < -0.39 is 0 Å². The van der Waals surface area contributed by atoms with Crippen molar-refractivity contribution in [1.82, 2.24) is 0 Å². The quantitative estimate of drug-likeness (QED) is 0.584. The molecule has 0 radical (unpaired) electrons. The lowest BCUT2D eigenvalue weighted by atomic mass is 9.76. The number of rotatable bonds is 1. The first-order chi connectivity index (χ1) is 6.33. The van der Waals surface area contributed by atoms with Crippen molar-refractivity contribution in [2.45, 2.75) is 58.0 Å². The van der Waals surface area contributed by atoms with Crippen LogP contribution in [0.1, 0.15) is 46.0 Å². The molecule has 0 spiro atoms. The third-order valence-corrected chi connectivity index (χ3v) is 4.22. The molecule has 1 aliphatic carbocycles. The summed E-state index contributed by atoms with van der Waals surface area (Å²) in [6.07, 6.45) is 9.73. The molecule has 1 N–H and O–H groups in total. The first-order valence-electron chi connectivity index (χ1n) is 6.00. The lowest BCUT2D eigenvalue weighted by molar-refractivity contribution is -0.956. The first kappa shape index (κ1) is 9.39. The van der Waals surface area contributed by atoms with Crippen LogP contribution in [-0.4, -0.2) is 18.6 Å². The number of fused-ring (bicyclic) bond motifs is 1. The van der Waals surface area contributed by atoms with E-state index in [9.17, 15) is 0 Å². The Balaban J connectivity index is 2.04. The third kappa shape index (κ3) is 1.71. The molecule has 0 aromatic heterocycles. The Morgan fingerprint density at radius 1 is 1.31 bits per heavy atom. The molecule has 1 heterocycles. The van der Waals surface area contributed by atoms with Crippen molar-refractivity contribution < 1.29 is 4.90 Å². The van der Waals surface area contributed by atoms with E-state index in [4.69, 9.17) is 0 Å². The van der Waals surface area contributed by atoms with Gasteiger partial charge in [-0.15, -0.1) is 0 Å². The molecule has 2 unspecified atom stereocenters. The Bertz CT molecular complexity index is 167. The van der Waals surface area contributed by atoms with E-state index in [2.05, 4.69) is 20.3 Å². The van der Waals surface area contributed by atoms with Crippen molar-refractivity contribution in [3.05, 3.63) is 6.42 Å². The zero-order valence-electron chi connectivity index (χ0n) is 9.05. The summed E-state index contributed by atoms with van der Waals surface area (Å²) in [5.74, 6) is 1.05. The smallest absolute Gasteiger partial charge is 0.139 e. The summed E-state index contributed by atoms with van der Waals surface area (Å²) in [6, 6.07) is 1.89. The van der Waals surface area contributed by atoms with Crippen molar-refractivity contribution in [3.63, 3.8) is 0 Å². The summed E-state index contributed by atoms with van der Waals surface area (Å²) >= 11 is 0. The van der Waals surface area contributed by atoms with Crippen molar-refractivity contribution in [2.24, 2.45) is 5.92 Å². The summed E-state index contributed by atoms with van der Waals surface area (Å²) in [6.45, 7) is 6.11. The van der Waals surface area contributed by atoms with E-state index >= 15 is 0 Å². The number of hydrogen-bond donors (Lipinski definition) is 1. The molecular weight excluding hydrogens is 158 g/mol. The van der Waals surface area contributed by atoms with Gasteiger partial charge in [0.05, 0.1) is 25.4 Å². The van der Waals surface area contributed by atoms with E-state index in [0.29, 0.717) is 0 Å². The summed E-state index contributed by atoms with van der Waals surface area (Å²) in [4.78, 5) is 1.88. The number of hydrogen-bond acceptors (Lipinski definition) is 0. The number of nitrogens with one attached hydrogen (secondary N) is 1. The van der Waals surface area contributed by atoms with E-state index in [1.165, 1.54) is 38.6 Å². The fraction of sp³-hybridized carbons (Fsp3) is 0.917. The highest BCUT2D eigenvalue weighted by Gasteiger charge is 2.42. The van der Waals surface area contributed by atoms with Crippen LogP contribution in [0.15, 0.2) is 0 Å². The van der Waals surface area contributed by atoms with Crippen LogP contribution in [0.25, 0.3) is 0 Å². The molecule has 0 aromatic carbocycles. The minimum Gasteiger partial charge on any atom is -0.327 e. The molecule has 0 bridgehead atoms. The molecule has 2 rings (SSSR count). The largest absolute Gasteiger partial charge is 0.327 e. The minimum absolute atomic E-state index is 0.915. The van der Waals surface area contributed by atoms with Gasteiger partial charge in [-0.05, 0) is 33.1 Å². The Morgan fingerprint density at radius 3 is 2.92 bits per heavy atom. The van der Waals surface area contributed by atoms with Gasteiger partial charge in [0.15, 0.2) is 0 Å². The van der Waals surface area contributed by atoms with Crippen LogP contribution in [-0.2, 0) is 0 Å². The Hall–Kier alpha value is -0.170. The average Bonchev–Trinajstić information content (AvgIpc) is 2.18. The molecule has 1 saturated carbocycles. The van der Waals surface area contributed by atoms with Crippen molar-refractivity contribution in [1.29, 1.82) is 0 Å². The van der Waals surface area contributed by atoms with Crippen LogP contribution < -0.4 is 4.90 Å². The Labute approximate surface area is 82.5 Å². The molecule has 1 aliphatic heterocycles. The van der Waals surface area contributed by atoms with Gasteiger partial charge in [-0.3, -0.25) is 0 Å². The molecule has 0 aromatic rings. The van der Waals surface area contributed by atoms with Gasteiger partial charge in [0, 0.05) is 5.92 Å². The molecule has 1 heteroatoms. The molecule has 74 valence electrons. The topological polar surface area (TPSA) is 4.44 Å². The molecule has 4 atom stereocenters.